The Morgan fingerprint density at radius 1 is 1.39 bits per heavy atom. The lowest BCUT2D eigenvalue weighted by Gasteiger charge is -2.32. The van der Waals surface area contributed by atoms with Crippen LogP contribution < -0.4 is 0 Å². The molecule has 2 aromatic heterocycles. The van der Waals surface area contributed by atoms with E-state index in [1.54, 1.807) is 6.20 Å². The summed E-state index contributed by atoms with van der Waals surface area (Å²) in [7, 11) is 0. The fourth-order valence-corrected chi connectivity index (χ4v) is 3.47. The van der Waals surface area contributed by atoms with Crippen molar-refractivity contribution in [2.75, 3.05) is 13.1 Å². The van der Waals surface area contributed by atoms with Gasteiger partial charge in [-0.05, 0) is 39.5 Å². The van der Waals surface area contributed by atoms with Crippen molar-refractivity contribution in [3.05, 3.63) is 29.3 Å². The van der Waals surface area contributed by atoms with E-state index in [-0.39, 0.29) is 5.91 Å². The van der Waals surface area contributed by atoms with Gasteiger partial charge < -0.3 is 4.90 Å². The molecule has 1 saturated heterocycles. The number of hydrogen-bond donors (Lipinski definition) is 0. The second-order valence-electron chi connectivity index (χ2n) is 6.25. The molecule has 0 bridgehead atoms. The molecule has 0 spiro atoms. The highest BCUT2D eigenvalue weighted by Gasteiger charge is 2.28. The summed E-state index contributed by atoms with van der Waals surface area (Å²) in [6.07, 6.45) is 5.72. The Bertz CT molecular complexity index is 675. The van der Waals surface area contributed by atoms with Crippen LogP contribution in [0.4, 0.5) is 0 Å². The van der Waals surface area contributed by atoms with Crippen LogP contribution in [0.15, 0.2) is 12.4 Å². The first-order chi connectivity index (χ1) is 11.1. The number of carbonyl (C=O) groups is 1. The van der Waals surface area contributed by atoms with Crippen molar-refractivity contribution in [1.82, 2.24) is 29.7 Å². The third kappa shape index (κ3) is 3.13. The molecule has 1 amide bonds. The zero-order valence-corrected chi connectivity index (χ0v) is 14.1. The lowest BCUT2D eigenvalue weighted by Crippen LogP contribution is -2.41. The first-order valence-corrected chi connectivity index (χ1v) is 8.27. The van der Waals surface area contributed by atoms with Crippen LogP contribution in [0.1, 0.15) is 41.5 Å². The van der Waals surface area contributed by atoms with Crippen molar-refractivity contribution in [3.8, 4) is 0 Å². The first-order valence-electron chi connectivity index (χ1n) is 8.27. The summed E-state index contributed by atoms with van der Waals surface area (Å²) in [6, 6.07) is 0. The minimum Gasteiger partial charge on any atom is -0.338 e. The van der Waals surface area contributed by atoms with Crippen molar-refractivity contribution >= 4 is 5.91 Å². The standard InChI is InChI=1S/C16H24N6O/c1-4-22-13(3)15(12(2)18-22)16(23)20-8-5-6-14(10-20)11-21-9-7-17-19-21/h7,9,14H,4-6,8,10-11H2,1-3H3. The monoisotopic (exact) mass is 316 g/mol. The molecule has 3 heterocycles. The quantitative estimate of drug-likeness (QED) is 0.860. The number of rotatable bonds is 4. The van der Waals surface area contributed by atoms with E-state index in [2.05, 4.69) is 15.4 Å². The van der Waals surface area contributed by atoms with Crippen molar-refractivity contribution in [3.63, 3.8) is 0 Å². The number of likely N-dealkylation sites (tertiary alicyclic amines) is 1. The molecule has 1 aliphatic heterocycles. The minimum absolute atomic E-state index is 0.114. The van der Waals surface area contributed by atoms with Gasteiger partial charge in [-0.3, -0.25) is 14.2 Å². The average Bonchev–Trinajstić information content (AvgIpc) is 3.15. The van der Waals surface area contributed by atoms with Gasteiger partial charge in [0.25, 0.3) is 5.91 Å². The Morgan fingerprint density at radius 2 is 2.22 bits per heavy atom. The van der Waals surface area contributed by atoms with E-state index in [1.165, 1.54) is 0 Å². The van der Waals surface area contributed by atoms with E-state index in [1.807, 2.05) is 41.2 Å². The number of carbonyl (C=O) groups excluding carboxylic acids is 1. The van der Waals surface area contributed by atoms with Gasteiger partial charge >= 0.3 is 0 Å². The van der Waals surface area contributed by atoms with Gasteiger partial charge in [-0.2, -0.15) is 5.10 Å². The summed E-state index contributed by atoms with van der Waals surface area (Å²) >= 11 is 0. The maximum Gasteiger partial charge on any atom is 0.257 e. The summed E-state index contributed by atoms with van der Waals surface area (Å²) in [4.78, 5) is 14.9. The number of amides is 1. The van der Waals surface area contributed by atoms with E-state index in [0.717, 1.165) is 56.0 Å². The second kappa shape index (κ2) is 6.52. The molecule has 2 aromatic rings. The maximum atomic E-state index is 13.0. The molecule has 23 heavy (non-hydrogen) atoms. The molecule has 1 aliphatic rings. The highest BCUT2D eigenvalue weighted by Crippen LogP contribution is 2.22. The second-order valence-corrected chi connectivity index (χ2v) is 6.25. The summed E-state index contributed by atoms with van der Waals surface area (Å²) in [5, 5.41) is 12.3. The van der Waals surface area contributed by atoms with Crippen LogP contribution >= 0.6 is 0 Å². The molecule has 1 atom stereocenters. The topological polar surface area (TPSA) is 68.8 Å². The summed E-state index contributed by atoms with van der Waals surface area (Å²) in [5.41, 5.74) is 2.56. The molecule has 124 valence electrons. The Hall–Kier alpha value is -2.18. The zero-order chi connectivity index (χ0) is 16.4. The SMILES string of the molecule is CCn1nc(C)c(C(=O)N2CCCC(Cn3ccnn3)C2)c1C. The number of piperidine rings is 1. The number of nitrogens with zero attached hydrogens (tertiary/aromatic N) is 6. The largest absolute Gasteiger partial charge is 0.338 e. The summed E-state index contributed by atoms with van der Waals surface area (Å²) in [5.74, 6) is 0.541. The lowest BCUT2D eigenvalue weighted by molar-refractivity contribution is 0.0657. The number of aryl methyl sites for hydroxylation is 2. The Labute approximate surface area is 136 Å². The van der Waals surface area contributed by atoms with E-state index in [9.17, 15) is 4.79 Å². The van der Waals surface area contributed by atoms with Gasteiger partial charge in [0.05, 0.1) is 17.5 Å². The maximum absolute atomic E-state index is 13.0. The Kier molecular flexibility index (Phi) is 4.45. The van der Waals surface area contributed by atoms with E-state index in [0.29, 0.717) is 5.92 Å². The third-order valence-corrected chi connectivity index (χ3v) is 4.62. The molecule has 0 radical (unpaired) electrons. The Balaban J connectivity index is 1.73. The normalized spacial score (nSPS) is 18.4. The fraction of sp³-hybridized carbons (Fsp3) is 0.625. The predicted molar refractivity (Wildman–Crippen MR) is 86.0 cm³/mol. The smallest absolute Gasteiger partial charge is 0.257 e. The van der Waals surface area contributed by atoms with E-state index in [4.69, 9.17) is 0 Å². The minimum atomic E-state index is 0.114. The van der Waals surface area contributed by atoms with E-state index < -0.39 is 0 Å². The number of hydrogen-bond acceptors (Lipinski definition) is 4. The van der Waals surface area contributed by atoms with Gasteiger partial charge in [0.2, 0.25) is 0 Å². The van der Waals surface area contributed by atoms with E-state index >= 15 is 0 Å². The predicted octanol–water partition coefficient (Wildman–Crippen LogP) is 1.66. The molecule has 7 heteroatoms. The first kappa shape index (κ1) is 15.7. The van der Waals surface area contributed by atoms with Crippen LogP contribution in [0.3, 0.4) is 0 Å². The lowest BCUT2D eigenvalue weighted by atomic mass is 9.97. The molecule has 1 unspecified atom stereocenters. The van der Waals surface area contributed by atoms with Crippen molar-refractivity contribution in [1.29, 1.82) is 0 Å². The molecular weight excluding hydrogens is 292 g/mol. The van der Waals surface area contributed by atoms with Gasteiger partial charge in [-0.1, -0.05) is 5.21 Å². The van der Waals surface area contributed by atoms with Crippen molar-refractivity contribution in [2.45, 2.75) is 46.7 Å². The molecule has 0 aromatic carbocycles. The van der Waals surface area contributed by atoms with Crippen molar-refractivity contribution < 1.29 is 4.79 Å². The molecular formula is C16H24N6O. The number of aromatic nitrogens is 5. The van der Waals surface area contributed by atoms with Crippen LogP contribution in [-0.4, -0.2) is 48.7 Å². The highest BCUT2D eigenvalue weighted by atomic mass is 16.2. The van der Waals surface area contributed by atoms with Crippen LogP contribution in [0.2, 0.25) is 0 Å². The molecule has 7 nitrogen and oxygen atoms in total. The summed E-state index contributed by atoms with van der Waals surface area (Å²) in [6.45, 7) is 9.14. The van der Waals surface area contributed by atoms with Gasteiger partial charge in [0.1, 0.15) is 0 Å². The molecule has 3 rings (SSSR count). The van der Waals surface area contributed by atoms with Crippen LogP contribution in [-0.2, 0) is 13.1 Å². The molecule has 1 fully saturated rings. The van der Waals surface area contributed by atoms with Crippen molar-refractivity contribution in [2.24, 2.45) is 5.92 Å². The van der Waals surface area contributed by atoms with Gasteiger partial charge in [0.15, 0.2) is 0 Å². The van der Waals surface area contributed by atoms with Crippen LogP contribution in [0.5, 0.6) is 0 Å². The molecule has 0 saturated carbocycles. The van der Waals surface area contributed by atoms with Gasteiger partial charge in [0, 0.05) is 38.1 Å². The summed E-state index contributed by atoms with van der Waals surface area (Å²) < 4.78 is 3.75. The van der Waals surface area contributed by atoms with Gasteiger partial charge in [-0.15, -0.1) is 5.10 Å². The highest BCUT2D eigenvalue weighted by molar-refractivity contribution is 5.96. The molecule has 0 N–H and O–H groups in total. The average molecular weight is 316 g/mol. The zero-order valence-electron chi connectivity index (χ0n) is 14.1. The third-order valence-electron chi connectivity index (χ3n) is 4.62. The molecule has 0 aliphatic carbocycles. The Morgan fingerprint density at radius 3 is 2.87 bits per heavy atom. The van der Waals surface area contributed by atoms with Gasteiger partial charge in [-0.25, -0.2) is 0 Å². The van der Waals surface area contributed by atoms with Crippen LogP contribution in [0.25, 0.3) is 0 Å². The van der Waals surface area contributed by atoms with Crippen LogP contribution in [0, 0.1) is 19.8 Å². The fourth-order valence-electron chi connectivity index (χ4n) is 3.47.